The summed E-state index contributed by atoms with van der Waals surface area (Å²) in [6.07, 6.45) is 9.13. The Balaban J connectivity index is 1.05. The Bertz CT molecular complexity index is 922. The first kappa shape index (κ1) is 27.0. The lowest BCUT2D eigenvalue weighted by atomic mass is 9.76. The van der Waals surface area contributed by atoms with Crippen molar-refractivity contribution in [3.05, 3.63) is 0 Å². The average molecular weight is 548 g/mol. The molecule has 7 aliphatic rings. The van der Waals surface area contributed by atoms with Gasteiger partial charge in [-0.05, 0) is 62.3 Å². The molecule has 0 bridgehead atoms. The third kappa shape index (κ3) is 4.85. The first-order chi connectivity index (χ1) is 18.9. The molecule has 7 fully saturated rings. The van der Waals surface area contributed by atoms with Crippen LogP contribution in [0, 0.1) is 16.7 Å². The lowest BCUT2D eigenvalue weighted by Crippen LogP contribution is -2.66. The van der Waals surface area contributed by atoms with E-state index >= 15 is 4.39 Å². The van der Waals surface area contributed by atoms with Gasteiger partial charge in [0.05, 0.1) is 37.4 Å². The second-order valence-corrected chi connectivity index (χ2v) is 14.1. The standard InChI is InChI=1S/C29H50FN7O2/c30-18-11-28-5-2-1-3-6-29(28,17-28)12-20(34-13-18)25(26(31)32)27(38)35-21-14-33-7-4-22(21)37-9-8-36(19-15-39-16-19)23-10-24(23)37/h18-26,33-34H,1-17,31-32H2,(H,35,38). The highest BCUT2D eigenvalue weighted by molar-refractivity contribution is 5.80. The third-order valence-electron chi connectivity index (χ3n) is 11.9. The number of nitrogens with zero attached hydrogens (tertiary/aromatic N) is 2. The summed E-state index contributed by atoms with van der Waals surface area (Å²) >= 11 is 0. The van der Waals surface area contributed by atoms with Crippen LogP contribution in [0.25, 0.3) is 0 Å². The molecule has 0 aromatic rings. The molecule has 7 N–H and O–H groups in total. The van der Waals surface area contributed by atoms with Gasteiger partial charge in [0, 0.05) is 50.3 Å². The number of piperidine rings is 1. The second-order valence-electron chi connectivity index (χ2n) is 14.1. The van der Waals surface area contributed by atoms with Gasteiger partial charge in [0.2, 0.25) is 5.91 Å². The van der Waals surface area contributed by atoms with E-state index in [1.807, 2.05) is 0 Å². The van der Waals surface area contributed by atoms with Gasteiger partial charge in [-0.3, -0.25) is 14.6 Å². The van der Waals surface area contributed by atoms with Crippen LogP contribution in [0.3, 0.4) is 0 Å². The predicted molar refractivity (Wildman–Crippen MR) is 148 cm³/mol. The minimum Gasteiger partial charge on any atom is -0.378 e. The number of ether oxygens (including phenoxy) is 1. The normalized spacial score (nSPS) is 45.9. The van der Waals surface area contributed by atoms with Gasteiger partial charge in [0.25, 0.3) is 0 Å². The van der Waals surface area contributed by atoms with Crippen LogP contribution < -0.4 is 27.4 Å². The molecule has 9 unspecified atom stereocenters. The Labute approximate surface area is 232 Å². The maximum Gasteiger partial charge on any atom is 0.227 e. The molecule has 1 amide bonds. The molecule has 4 saturated heterocycles. The van der Waals surface area contributed by atoms with E-state index in [-0.39, 0.29) is 35.4 Å². The molecule has 220 valence electrons. The lowest BCUT2D eigenvalue weighted by molar-refractivity contribution is -0.128. The van der Waals surface area contributed by atoms with Crippen molar-refractivity contribution in [1.82, 2.24) is 25.8 Å². The van der Waals surface area contributed by atoms with Gasteiger partial charge in [0.1, 0.15) is 6.17 Å². The minimum atomic E-state index is -0.880. The number of carbonyl (C=O) groups excluding carboxylic acids is 1. The molecular formula is C29H50FN7O2. The summed E-state index contributed by atoms with van der Waals surface area (Å²) in [5.74, 6) is -0.635. The van der Waals surface area contributed by atoms with Crippen molar-refractivity contribution in [1.29, 1.82) is 0 Å². The van der Waals surface area contributed by atoms with Crippen molar-refractivity contribution in [3.63, 3.8) is 0 Å². The lowest BCUT2D eigenvalue weighted by Gasteiger charge is -2.47. The van der Waals surface area contributed by atoms with E-state index in [1.165, 1.54) is 25.7 Å². The van der Waals surface area contributed by atoms with Crippen molar-refractivity contribution in [2.45, 2.75) is 113 Å². The van der Waals surface area contributed by atoms with Crippen molar-refractivity contribution in [3.8, 4) is 0 Å². The van der Waals surface area contributed by atoms with Gasteiger partial charge < -0.3 is 32.2 Å². The fourth-order valence-electron chi connectivity index (χ4n) is 9.74. The van der Waals surface area contributed by atoms with Crippen LogP contribution in [0.2, 0.25) is 0 Å². The summed E-state index contributed by atoms with van der Waals surface area (Å²) < 4.78 is 20.6. The summed E-state index contributed by atoms with van der Waals surface area (Å²) in [7, 11) is 0. The van der Waals surface area contributed by atoms with E-state index in [1.54, 1.807) is 0 Å². The first-order valence-electron chi connectivity index (χ1n) is 15.9. The zero-order valence-electron chi connectivity index (χ0n) is 23.5. The first-order valence-corrected chi connectivity index (χ1v) is 15.9. The van der Waals surface area contributed by atoms with Crippen LogP contribution in [0.5, 0.6) is 0 Å². The average Bonchev–Trinajstić information content (AvgIpc) is 3.76. The van der Waals surface area contributed by atoms with E-state index in [9.17, 15) is 4.79 Å². The Hall–Kier alpha value is -0.880. The van der Waals surface area contributed by atoms with Crippen molar-refractivity contribution in [2.24, 2.45) is 28.2 Å². The molecule has 3 aliphatic carbocycles. The van der Waals surface area contributed by atoms with Crippen LogP contribution in [-0.2, 0) is 9.53 Å². The van der Waals surface area contributed by atoms with Gasteiger partial charge in [0.15, 0.2) is 0 Å². The molecule has 9 atom stereocenters. The van der Waals surface area contributed by atoms with E-state index in [4.69, 9.17) is 16.2 Å². The SMILES string of the molecule is NC(N)C(C(=O)NC1CNCCC1N1CCN(C2COC2)C2CC21)C1CC23CCCCCC2(CC(F)CN1)C3. The molecule has 4 heterocycles. The monoisotopic (exact) mass is 547 g/mol. The number of rotatable bonds is 6. The predicted octanol–water partition coefficient (Wildman–Crippen LogP) is 0.281. The number of carbonyl (C=O) groups is 1. The van der Waals surface area contributed by atoms with Gasteiger partial charge in [-0.15, -0.1) is 0 Å². The number of hydrogen-bond acceptors (Lipinski definition) is 8. The number of nitrogens with one attached hydrogen (secondary N) is 3. The Morgan fingerprint density at radius 1 is 1.00 bits per heavy atom. The van der Waals surface area contributed by atoms with E-state index < -0.39 is 18.3 Å². The highest BCUT2D eigenvalue weighted by Gasteiger charge is 2.67. The number of hydrogen-bond donors (Lipinski definition) is 5. The number of nitrogens with two attached hydrogens (primary N) is 2. The van der Waals surface area contributed by atoms with Gasteiger partial charge >= 0.3 is 0 Å². The molecule has 4 aliphatic heterocycles. The Kier molecular flexibility index (Phi) is 7.22. The highest BCUT2D eigenvalue weighted by atomic mass is 19.1. The van der Waals surface area contributed by atoms with Crippen LogP contribution in [-0.4, -0.2) is 110 Å². The number of piperazine rings is 1. The second kappa shape index (κ2) is 10.4. The van der Waals surface area contributed by atoms with Crippen molar-refractivity contribution >= 4 is 5.91 Å². The maximum absolute atomic E-state index is 15.2. The topological polar surface area (TPSA) is 121 Å². The molecule has 39 heavy (non-hydrogen) atoms. The van der Waals surface area contributed by atoms with Crippen LogP contribution >= 0.6 is 0 Å². The Morgan fingerprint density at radius 2 is 1.74 bits per heavy atom. The number of halogens is 1. The number of alkyl halides is 1. The minimum absolute atomic E-state index is 0.0193. The Morgan fingerprint density at radius 3 is 2.49 bits per heavy atom. The van der Waals surface area contributed by atoms with Crippen molar-refractivity contribution in [2.75, 3.05) is 45.9 Å². The quantitative estimate of drug-likeness (QED) is 0.301. The van der Waals surface area contributed by atoms with E-state index in [2.05, 4.69) is 25.8 Å². The summed E-state index contributed by atoms with van der Waals surface area (Å²) in [6, 6.07) is 1.95. The summed E-state index contributed by atoms with van der Waals surface area (Å²) in [5.41, 5.74) is 13.0. The smallest absolute Gasteiger partial charge is 0.227 e. The molecule has 7 rings (SSSR count). The fraction of sp³-hybridized carbons (Fsp3) is 0.966. The molecular weight excluding hydrogens is 497 g/mol. The highest BCUT2D eigenvalue weighted by Crippen LogP contribution is 2.75. The largest absolute Gasteiger partial charge is 0.378 e. The zero-order valence-corrected chi connectivity index (χ0v) is 23.5. The maximum atomic E-state index is 15.2. The summed E-state index contributed by atoms with van der Waals surface area (Å²) in [5, 5.41) is 10.4. The molecule has 0 aromatic heterocycles. The van der Waals surface area contributed by atoms with Crippen LogP contribution in [0.1, 0.15) is 64.2 Å². The summed E-state index contributed by atoms with van der Waals surface area (Å²) in [6.45, 7) is 5.88. The molecule has 0 aromatic carbocycles. The molecule has 3 saturated carbocycles. The number of fused-ring (bicyclic) bond motifs is 1. The van der Waals surface area contributed by atoms with Gasteiger partial charge in [-0.25, -0.2) is 4.39 Å². The van der Waals surface area contributed by atoms with E-state index in [0.717, 1.165) is 71.5 Å². The molecule has 9 nitrogen and oxygen atoms in total. The molecule has 0 radical (unpaired) electrons. The molecule has 0 spiro atoms. The summed E-state index contributed by atoms with van der Waals surface area (Å²) in [4.78, 5) is 19.3. The number of amides is 1. The van der Waals surface area contributed by atoms with Crippen molar-refractivity contribution < 1.29 is 13.9 Å². The zero-order chi connectivity index (χ0) is 26.8. The fourth-order valence-corrected chi connectivity index (χ4v) is 9.74. The van der Waals surface area contributed by atoms with Gasteiger partial charge in [-0.1, -0.05) is 19.3 Å². The van der Waals surface area contributed by atoms with Crippen LogP contribution in [0.15, 0.2) is 0 Å². The third-order valence-corrected chi connectivity index (χ3v) is 11.9. The van der Waals surface area contributed by atoms with Crippen LogP contribution in [0.4, 0.5) is 4.39 Å². The van der Waals surface area contributed by atoms with E-state index in [0.29, 0.717) is 30.6 Å². The van der Waals surface area contributed by atoms with Gasteiger partial charge in [-0.2, -0.15) is 0 Å². The molecule has 10 heteroatoms.